The predicted molar refractivity (Wildman–Crippen MR) is 112 cm³/mol. The van der Waals surface area contributed by atoms with Gasteiger partial charge in [-0.25, -0.2) is 0 Å². The molecule has 0 radical (unpaired) electrons. The fourth-order valence-corrected chi connectivity index (χ4v) is 2.78. The van der Waals surface area contributed by atoms with Crippen LogP contribution in [0.1, 0.15) is 19.4 Å². The Kier molecular flexibility index (Phi) is 8.14. The first-order valence-corrected chi connectivity index (χ1v) is 9.43. The maximum atomic E-state index is 12.5. The van der Waals surface area contributed by atoms with Gasteiger partial charge in [0.1, 0.15) is 5.75 Å². The SMILES string of the molecule is CCOc1ccc(NC(=O)[C@@H](C)N(C)CCc2ccc(OC)c(OC)c2)cc1. The van der Waals surface area contributed by atoms with Crippen LogP contribution in [0.2, 0.25) is 0 Å². The number of methoxy groups -OCH3 is 2. The second-order valence-corrected chi connectivity index (χ2v) is 6.54. The largest absolute Gasteiger partial charge is 0.494 e. The van der Waals surface area contributed by atoms with Crippen LogP contribution in [0.25, 0.3) is 0 Å². The van der Waals surface area contributed by atoms with Gasteiger partial charge in [0.2, 0.25) is 5.91 Å². The number of benzene rings is 2. The summed E-state index contributed by atoms with van der Waals surface area (Å²) in [6.45, 7) is 5.20. The van der Waals surface area contributed by atoms with Crippen LogP contribution in [-0.2, 0) is 11.2 Å². The van der Waals surface area contributed by atoms with E-state index in [1.54, 1.807) is 14.2 Å². The lowest BCUT2D eigenvalue weighted by atomic mass is 10.1. The van der Waals surface area contributed by atoms with E-state index in [0.29, 0.717) is 18.1 Å². The first kappa shape index (κ1) is 21.6. The van der Waals surface area contributed by atoms with Gasteiger partial charge in [0.05, 0.1) is 26.9 Å². The fourth-order valence-electron chi connectivity index (χ4n) is 2.78. The Morgan fingerprint density at radius 3 is 2.36 bits per heavy atom. The molecule has 1 N–H and O–H groups in total. The number of anilines is 1. The summed E-state index contributed by atoms with van der Waals surface area (Å²) in [5, 5.41) is 2.95. The van der Waals surface area contributed by atoms with Crippen molar-refractivity contribution in [2.75, 3.05) is 39.7 Å². The molecule has 0 aliphatic carbocycles. The van der Waals surface area contributed by atoms with Crippen LogP contribution in [0, 0.1) is 0 Å². The lowest BCUT2D eigenvalue weighted by molar-refractivity contribution is -0.120. The summed E-state index contributed by atoms with van der Waals surface area (Å²) >= 11 is 0. The predicted octanol–water partition coefficient (Wildman–Crippen LogP) is 3.60. The van der Waals surface area contributed by atoms with Crippen LogP contribution >= 0.6 is 0 Å². The molecule has 0 heterocycles. The van der Waals surface area contributed by atoms with Crippen molar-refractivity contribution in [2.45, 2.75) is 26.3 Å². The number of carbonyl (C=O) groups excluding carboxylic acids is 1. The number of amides is 1. The van der Waals surface area contributed by atoms with E-state index in [1.165, 1.54) is 0 Å². The average molecular weight is 386 g/mol. The molecule has 0 unspecified atom stereocenters. The van der Waals surface area contributed by atoms with Crippen LogP contribution in [0.15, 0.2) is 42.5 Å². The molecule has 0 spiro atoms. The molecule has 0 aromatic heterocycles. The summed E-state index contributed by atoms with van der Waals surface area (Å²) in [4.78, 5) is 14.6. The smallest absolute Gasteiger partial charge is 0.241 e. The van der Waals surface area contributed by atoms with Gasteiger partial charge in [0.25, 0.3) is 0 Å². The number of nitrogens with one attached hydrogen (secondary N) is 1. The quantitative estimate of drug-likeness (QED) is 0.676. The van der Waals surface area contributed by atoms with Crippen molar-refractivity contribution in [3.8, 4) is 17.2 Å². The van der Waals surface area contributed by atoms with Gasteiger partial charge in [0, 0.05) is 12.2 Å². The highest BCUT2D eigenvalue weighted by molar-refractivity contribution is 5.94. The zero-order chi connectivity index (χ0) is 20.5. The van der Waals surface area contributed by atoms with Gasteiger partial charge in [0.15, 0.2) is 11.5 Å². The van der Waals surface area contributed by atoms with E-state index in [0.717, 1.165) is 30.0 Å². The Morgan fingerprint density at radius 1 is 1.07 bits per heavy atom. The van der Waals surface area contributed by atoms with Crippen molar-refractivity contribution in [3.63, 3.8) is 0 Å². The summed E-state index contributed by atoms with van der Waals surface area (Å²) in [6.07, 6.45) is 0.803. The topological polar surface area (TPSA) is 60.0 Å². The van der Waals surface area contributed by atoms with Crippen LogP contribution in [-0.4, -0.2) is 51.3 Å². The minimum absolute atomic E-state index is 0.0426. The van der Waals surface area contributed by atoms with Gasteiger partial charge in [-0.1, -0.05) is 6.07 Å². The number of carbonyl (C=O) groups is 1. The van der Waals surface area contributed by atoms with Crippen LogP contribution in [0.4, 0.5) is 5.69 Å². The van der Waals surface area contributed by atoms with E-state index in [9.17, 15) is 4.79 Å². The van der Waals surface area contributed by atoms with E-state index < -0.39 is 0 Å². The third-order valence-electron chi connectivity index (χ3n) is 4.67. The first-order valence-electron chi connectivity index (χ1n) is 9.43. The number of rotatable bonds is 10. The molecule has 1 amide bonds. The maximum absolute atomic E-state index is 12.5. The molecule has 0 aliphatic rings. The molecule has 0 bridgehead atoms. The van der Waals surface area contributed by atoms with Gasteiger partial charge >= 0.3 is 0 Å². The molecule has 1 atom stereocenters. The van der Waals surface area contributed by atoms with E-state index in [-0.39, 0.29) is 11.9 Å². The minimum atomic E-state index is -0.258. The second-order valence-electron chi connectivity index (χ2n) is 6.54. The first-order chi connectivity index (χ1) is 13.5. The second kappa shape index (κ2) is 10.6. The highest BCUT2D eigenvalue weighted by atomic mass is 16.5. The minimum Gasteiger partial charge on any atom is -0.494 e. The molecule has 0 aliphatic heterocycles. The molecular weight excluding hydrogens is 356 g/mol. The number of nitrogens with zero attached hydrogens (tertiary/aromatic N) is 1. The van der Waals surface area contributed by atoms with Crippen molar-refractivity contribution >= 4 is 11.6 Å². The summed E-state index contributed by atoms with van der Waals surface area (Å²) in [6, 6.07) is 13.0. The zero-order valence-corrected chi connectivity index (χ0v) is 17.3. The van der Waals surface area contributed by atoms with Gasteiger partial charge in [-0.05, 0) is 69.3 Å². The highest BCUT2D eigenvalue weighted by Gasteiger charge is 2.18. The summed E-state index contributed by atoms with van der Waals surface area (Å²) in [5.74, 6) is 2.17. The molecule has 28 heavy (non-hydrogen) atoms. The third kappa shape index (κ3) is 5.89. The molecular formula is C22H30N2O4. The van der Waals surface area contributed by atoms with E-state index in [1.807, 2.05) is 68.3 Å². The standard InChI is InChI=1S/C22H30N2O4/c1-6-28-19-10-8-18(9-11-19)23-22(25)16(2)24(3)14-13-17-7-12-20(26-4)21(15-17)27-5/h7-12,15-16H,6,13-14H2,1-5H3,(H,23,25)/t16-/m1/s1. The normalized spacial score (nSPS) is 11.8. The van der Waals surface area contributed by atoms with Gasteiger partial charge in [-0.2, -0.15) is 0 Å². The van der Waals surface area contributed by atoms with Gasteiger partial charge in [-0.15, -0.1) is 0 Å². The van der Waals surface area contributed by atoms with E-state index in [2.05, 4.69) is 5.32 Å². The molecule has 6 heteroatoms. The monoisotopic (exact) mass is 386 g/mol. The zero-order valence-electron chi connectivity index (χ0n) is 17.3. The van der Waals surface area contributed by atoms with Crippen LogP contribution in [0.3, 0.4) is 0 Å². The summed E-state index contributed by atoms with van der Waals surface area (Å²) in [5.41, 5.74) is 1.89. The number of likely N-dealkylation sites (N-methyl/N-ethyl adjacent to an activating group) is 1. The number of hydrogen-bond donors (Lipinski definition) is 1. The lowest BCUT2D eigenvalue weighted by Gasteiger charge is -2.24. The van der Waals surface area contributed by atoms with Crippen molar-refractivity contribution in [3.05, 3.63) is 48.0 Å². The van der Waals surface area contributed by atoms with Crippen molar-refractivity contribution in [1.82, 2.24) is 4.90 Å². The molecule has 0 saturated heterocycles. The Labute approximate surface area is 167 Å². The van der Waals surface area contributed by atoms with Crippen molar-refractivity contribution in [2.24, 2.45) is 0 Å². The van der Waals surface area contributed by atoms with Crippen molar-refractivity contribution < 1.29 is 19.0 Å². The molecule has 152 valence electrons. The fraction of sp³-hybridized carbons (Fsp3) is 0.409. The summed E-state index contributed by atoms with van der Waals surface area (Å²) in [7, 11) is 5.19. The van der Waals surface area contributed by atoms with Crippen LogP contribution in [0.5, 0.6) is 17.2 Å². The number of ether oxygens (including phenoxy) is 3. The highest BCUT2D eigenvalue weighted by Crippen LogP contribution is 2.27. The molecule has 2 rings (SSSR count). The molecule has 2 aromatic rings. The van der Waals surface area contributed by atoms with Crippen LogP contribution < -0.4 is 19.5 Å². The summed E-state index contributed by atoms with van der Waals surface area (Å²) < 4.78 is 16.0. The maximum Gasteiger partial charge on any atom is 0.241 e. The van der Waals surface area contributed by atoms with Gasteiger partial charge in [-0.3, -0.25) is 9.69 Å². The Morgan fingerprint density at radius 2 is 1.75 bits per heavy atom. The Bertz CT molecular complexity index is 762. The average Bonchev–Trinajstić information content (AvgIpc) is 2.72. The lowest BCUT2D eigenvalue weighted by Crippen LogP contribution is -2.40. The molecule has 0 fully saturated rings. The molecule has 6 nitrogen and oxygen atoms in total. The van der Waals surface area contributed by atoms with E-state index >= 15 is 0 Å². The Hall–Kier alpha value is -2.73. The van der Waals surface area contributed by atoms with E-state index in [4.69, 9.17) is 14.2 Å². The third-order valence-corrected chi connectivity index (χ3v) is 4.67. The Balaban J connectivity index is 1.89. The van der Waals surface area contributed by atoms with Crippen molar-refractivity contribution in [1.29, 1.82) is 0 Å². The molecule has 2 aromatic carbocycles. The van der Waals surface area contributed by atoms with Gasteiger partial charge < -0.3 is 19.5 Å². The molecule has 0 saturated carbocycles. The number of hydrogen-bond acceptors (Lipinski definition) is 5.